The van der Waals surface area contributed by atoms with E-state index in [9.17, 15) is 4.79 Å². The predicted molar refractivity (Wildman–Crippen MR) is 123 cm³/mol. The van der Waals surface area contributed by atoms with Crippen molar-refractivity contribution in [2.45, 2.75) is 32.8 Å². The van der Waals surface area contributed by atoms with Crippen LogP contribution in [0.5, 0.6) is 0 Å². The van der Waals surface area contributed by atoms with Crippen LogP contribution in [0.15, 0.2) is 91.1 Å². The molecule has 156 valence electrons. The molecule has 1 aromatic heterocycles. The zero-order valence-electron chi connectivity index (χ0n) is 18.1. The zero-order valence-corrected chi connectivity index (χ0v) is 18.1. The molecule has 0 aliphatic heterocycles. The lowest BCUT2D eigenvalue weighted by atomic mass is 9.87. The molecule has 1 heterocycles. The molecule has 0 radical (unpaired) electrons. The van der Waals surface area contributed by atoms with Crippen LogP contribution in [0, 0.1) is 0 Å². The van der Waals surface area contributed by atoms with Gasteiger partial charge in [-0.2, -0.15) is 5.10 Å². The number of benzene rings is 3. The molecule has 4 rings (SSSR count). The molecule has 4 heteroatoms. The van der Waals surface area contributed by atoms with Crippen molar-refractivity contribution in [3.05, 3.63) is 108 Å². The van der Waals surface area contributed by atoms with E-state index in [4.69, 9.17) is 4.74 Å². The zero-order chi connectivity index (χ0) is 21.8. The van der Waals surface area contributed by atoms with E-state index in [2.05, 4.69) is 38.0 Å². The monoisotopic (exact) mass is 410 g/mol. The van der Waals surface area contributed by atoms with Gasteiger partial charge in [0.25, 0.3) is 0 Å². The topological polar surface area (TPSA) is 44.1 Å². The second-order valence-corrected chi connectivity index (χ2v) is 8.56. The first-order chi connectivity index (χ1) is 14.9. The van der Waals surface area contributed by atoms with Crippen LogP contribution in [0.25, 0.3) is 16.9 Å². The average molecular weight is 411 g/mol. The van der Waals surface area contributed by atoms with E-state index in [1.165, 1.54) is 5.56 Å². The highest BCUT2D eigenvalue weighted by atomic mass is 16.5. The van der Waals surface area contributed by atoms with Gasteiger partial charge in [-0.1, -0.05) is 93.6 Å². The number of ether oxygens (including phenoxy) is 1. The van der Waals surface area contributed by atoms with Crippen molar-refractivity contribution in [1.29, 1.82) is 0 Å². The summed E-state index contributed by atoms with van der Waals surface area (Å²) in [5, 5.41) is 4.68. The van der Waals surface area contributed by atoms with Crippen LogP contribution in [-0.4, -0.2) is 15.7 Å². The van der Waals surface area contributed by atoms with Gasteiger partial charge in [-0.15, -0.1) is 0 Å². The second kappa shape index (κ2) is 8.60. The standard InChI is InChI=1S/C27H26N2O2/c1-27(2,3)22-16-14-20(15-17-22)19-31-26(30)24-18-29(23-12-8-5-9-13-23)28-25(24)21-10-6-4-7-11-21/h4-18H,19H2,1-3H3. The molecule has 0 N–H and O–H groups in total. The highest BCUT2D eigenvalue weighted by Gasteiger charge is 2.20. The first kappa shape index (κ1) is 20.6. The summed E-state index contributed by atoms with van der Waals surface area (Å²) in [6, 6.07) is 27.6. The molecule has 0 bridgehead atoms. The highest BCUT2D eigenvalue weighted by Crippen LogP contribution is 2.25. The summed E-state index contributed by atoms with van der Waals surface area (Å²) >= 11 is 0. The predicted octanol–water partition coefficient (Wildman–Crippen LogP) is 6.19. The summed E-state index contributed by atoms with van der Waals surface area (Å²) in [5.74, 6) is -0.388. The van der Waals surface area contributed by atoms with Gasteiger partial charge in [0, 0.05) is 11.8 Å². The van der Waals surface area contributed by atoms with Crippen molar-refractivity contribution >= 4 is 5.97 Å². The summed E-state index contributed by atoms with van der Waals surface area (Å²) in [6.07, 6.45) is 1.74. The van der Waals surface area contributed by atoms with E-state index in [0.29, 0.717) is 11.3 Å². The number of nitrogens with zero attached hydrogens (tertiary/aromatic N) is 2. The van der Waals surface area contributed by atoms with E-state index < -0.39 is 0 Å². The lowest BCUT2D eigenvalue weighted by Gasteiger charge is -2.19. The Labute approximate surface area is 183 Å². The molecule has 0 aliphatic carbocycles. The molecule has 4 aromatic rings. The Bertz CT molecular complexity index is 1160. The minimum Gasteiger partial charge on any atom is -0.457 e. The Morgan fingerprint density at radius 2 is 1.48 bits per heavy atom. The summed E-state index contributed by atoms with van der Waals surface area (Å²) in [5.41, 5.74) is 5.11. The van der Waals surface area contributed by atoms with Crippen molar-refractivity contribution in [1.82, 2.24) is 9.78 Å². The smallest absolute Gasteiger partial charge is 0.342 e. The number of carbonyl (C=O) groups excluding carboxylic acids is 1. The molecule has 0 saturated heterocycles. The molecule has 3 aromatic carbocycles. The quantitative estimate of drug-likeness (QED) is 0.368. The summed E-state index contributed by atoms with van der Waals surface area (Å²) in [7, 11) is 0. The van der Waals surface area contributed by atoms with Crippen molar-refractivity contribution < 1.29 is 9.53 Å². The van der Waals surface area contributed by atoms with Crippen LogP contribution in [0.1, 0.15) is 42.3 Å². The van der Waals surface area contributed by atoms with E-state index in [-0.39, 0.29) is 18.0 Å². The van der Waals surface area contributed by atoms with Gasteiger partial charge in [0.2, 0.25) is 0 Å². The molecule has 0 aliphatic rings. The van der Waals surface area contributed by atoms with Crippen LogP contribution in [0.2, 0.25) is 0 Å². The van der Waals surface area contributed by atoms with Crippen molar-refractivity contribution in [2.75, 3.05) is 0 Å². The van der Waals surface area contributed by atoms with Gasteiger partial charge in [0.1, 0.15) is 17.9 Å². The number of hydrogen-bond acceptors (Lipinski definition) is 3. The number of rotatable bonds is 5. The van der Waals surface area contributed by atoms with E-state index in [0.717, 1.165) is 16.8 Å². The molecule has 0 saturated carbocycles. The van der Waals surface area contributed by atoms with E-state index >= 15 is 0 Å². The number of aromatic nitrogens is 2. The van der Waals surface area contributed by atoms with Crippen molar-refractivity contribution in [2.24, 2.45) is 0 Å². The third-order valence-electron chi connectivity index (χ3n) is 5.19. The first-order valence-electron chi connectivity index (χ1n) is 10.4. The van der Waals surface area contributed by atoms with Gasteiger partial charge < -0.3 is 4.74 Å². The summed E-state index contributed by atoms with van der Waals surface area (Å²) in [4.78, 5) is 13.0. The van der Waals surface area contributed by atoms with E-state index in [1.807, 2.05) is 72.8 Å². The third-order valence-corrected chi connectivity index (χ3v) is 5.19. The fourth-order valence-electron chi connectivity index (χ4n) is 3.37. The van der Waals surface area contributed by atoms with E-state index in [1.54, 1.807) is 10.9 Å². The minimum atomic E-state index is -0.388. The molecular weight excluding hydrogens is 384 g/mol. The number of esters is 1. The van der Waals surface area contributed by atoms with Crippen LogP contribution in [0.4, 0.5) is 0 Å². The maximum Gasteiger partial charge on any atom is 0.342 e. The Hall–Kier alpha value is -3.66. The lowest BCUT2D eigenvalue weighted by molar-refractivity contribution is 0.0473. The fraction of sp³-hybridized carbons (Fsp3) is 0.185. The average Bonchev–Trinajstić information content (AvgIpc) is 3.24. The van der Waals surface area contributed by atoms with Gasteiger partial charge >= 0.3 is 5.97 Å². The Kier molecular flexibility index (Phi) is 5.72. The SMILES string of the molecule is CC(C)(C)c1ccc(COC(=O)c2cn(-c3ccccc3)nc2-c2ccccc2)cc1. The van der Waals surface area contributed by atoms with Crippen LogP contribution >= 0.6 is 0 Å². The van der Waals surface area contributed by atoms with Gasteiger partial charge in [-0.25, -0.2) is 9.48 Å². The van der Waals surface area contributed by atoms with Crippen LogP contribution in [-0.2, 0) is 16.8 Å². The molecule has 0 spiro atoms. The molecule has 31 heavy (non-hydrogen) atoms. The third kappa shape index (κ3) is 4.75. The fourth-order valence-corrected chi connectivity index (χ4v) is 3.37. The maximum atomic E-state index is 13.0. The highest BCUT2D eigenvalue weighted by molar-refractivity contribution is 5.96. The van der Waals surface area contributed by atoms with Gasteiger partial charge in [-0.05, 0) is 28.7 Å². The van der Waals surface area contributed by atoms with Crippen LogP contribution in [0.3, 0.4) is 0 Å². The lowest BCUT2D eigenvalue weighted by Crippen LogP contribution is -2.11. The van der Waals surface area contributed by atoms with Crippen molar-refractivity contribution in [3.63, 3.8) is 0 Å². The molecule has 4 nitrogen and oxygen atoms in total. The van der Waals surface area contributed by atoms with Gasteiger partial charge in [0.15, 0.2) is 0 Å². The minimum absolute atomic E-state index is 0.0891. The van der Waals surface area contributed by atoms with Gasteiger partial charge in [-0.3, -0.25) is 0 Å². The first-order valence-corrected chi connectivity index (χ1v) is 10.4. The summed E-state index contributed by atoms with van der Waals surface area (Å²) in [6.45, 7) is 6.75. The largest absolute Gasteiger partial charge is 0.457 e. The number of carbonyl (C=O) groups is 1. The Morgan fingerprint density at radius 3 is 2.10 bits per heavy atom. The maximum absolute atomic E-state index is 13.0. The number of hydrogen-bond donors (Lipinski definition) is 0. The van der Waals surface area contributed by atoms with Gasteiger partial charge in [0.05, 0.1) is 5.69 Å². The molecule has 0 fully saturated rings. The molecule has 0 unspecified atom stereocenters. The summed E-state index contributed by atoms with van der Waals surface area (Å²) < 4.78 is 7.38. The normalized spacial score (nSPS) is 11.3. The molecule has 0 atom stereocenters. The molecule has 0 amide bonds. The van der Waals surface area contributed by atoms with Crippen LogP contribution < -0.4 is 0 Å². The Morgan fingerprint density at radius 1 is 0.871 bits per heavy atom. The molecular formula is C27H26N2O2. The Balaban J connectivity index is 1.59. The second-order valence-electron chi connectivity index (χ2n) is 8.56. The van der Waals surface area contributed by atoms with Crippen molar-refractivity contribution in [3.8, 4) is 16.9 Å². The number of para-hydroxylation sites is 1.